The molecule has 6 nitrogen and oxygen atoms in total. The topological polar surface area (TPSA) is 68.5 Å². The molecule has 0 amide bonds. The van der Waals surface area contributed by atoms with Gasteiger partial charge in [0.1, 0.15) is 0 Å². The first-order valence-corrected chi connectivity index (χ1v) is 7.21. The van der Waals surface area contributed by atoms with Gasteiger partial charge in [-0.25, -0.2) is 9.97 Å². The lowest BCUT2D eigenvalue weighted by Gasteiger charge is -2.10. The van der Waals surface area contributed by atoms with Crippen molar-refractivity contribution in [3.63, 3.8) is 0 Å². The van der Waals surface area contributed by atoms with Crippen molar-refractivity contribution in [2.75, 3.05) is 5.32 Å². The van der Waals surface area contributed by atoms with Gasteiger partial charge in [-0.2, -0.15) is 5.10 Å². The number of fused-ring (bicyclic) bond motifs is 1. The number of hydrogen-bond donors (Lipinski definition) is 1. The first-order chi connectivity index (χ1) is 11.3. The second kappa shape index (κ2) is 5.49. The SMILES string of the molecule is Cn1cc(-c2cc(Nc3ccncc3)c3cccnc3n2)cn1. The second-order valence-corrected chi connectivity index (χ2v) is 5.19. The molecule has 6 heteroatoms. The summed E-state index contributed by atoms with van der Waals surface area (Å²) in [5, 5.41) is 8.60. The number of hydrogen-bond acceptors (Lipinski definition) is 5. The first kappa shape index (κ1) is 13.4. The molecule has 4 aromatic heterocycles. The van der Waals surface area contributed by atoms with Crippen LogP contribution in [0.5, 0.6) is 0 Å². The molecule has 0 aliphatic carbocycles. The van der Waals surface area contributed by atoms with Gasteiger partial charge >= 0.3 is 0 Å². The maximum Gasteiger partial charge on any atom is 0.161 e. The summed E-state index contributed by atoms with van der Waals surface area (Å²) in [5.41, 5.74) is 4.41. The van der Waals surface area contributed by atoms with E-state index in [1.165, 1.54) is 0 Å². The number of anilines is 2. The van der Waals surface area contributed by atoms with E-state index in [0.717, 1.165) is 28.0 Å². The van der Waals surface area contributed by atoms with Crippen molar-refractivity contribution in [1.29, 1.82) is 0 Å². The Hall–Kier alpha value is -3.28. The van der Waals surface area contributed by atoms with Gasteiger partial charge < -0.3 is 5.32 Å². The lowest BCUT2D eigenvalue weighted by atomic mass is 10.1. The summed E-state index contributed by atoms with van der Waals surface area (Å²) in [4.78, 5) is 13.1. The molecule has 0 saturated carbocycles. The number of aromatic nitrogens is 5. The Morgan fingerprint density at radius 2 is 1.96 bits per heavy atom. The molecule has 0 radical (unpaired) electrons. The molecule has 0 fully saturated rings. The molecule has 112 valence electrons. The number of rotatable bonds is 3. The van der Waals surface area contributed by atoms with Crippen LogP contribution in [0.1, 0.15) is 0 Å². The van der Waals surface area contributed by atoms with E-state index < -0.39 is 0 Å². The lowest BCUT2D eigenvalue weighted by molar-refractivity contribution is 0.768. The molecule has 23 heavy (non-hydrogen) atoms. The molecular formula is C17H14N6. The van der Waals surface area contributed by atoms with Gasteiger partial charge in [-0.1, -0.05) is 0 Å². The minimum atomic E-state index is 0.699. The van der Waals surface area contributed by atoms with Crippen LogP contribution in [0.15, 0.2) is 61.3 Å². The van der Waals surface area contributed by atoms with Crippen LogP contribution in [0.4, 0.5) is 11.4 Å². The van der Waals surface area contributed by atoms with E-state index in [1.54, 1.807) is 29.5 Å². The van der Waals surface area contributed by atoms with Crippen molar-refractivity contribution in [1.82, 2.24) is 24.7 Å². The highest BCUT2D eigenvalue weighted by Crippen LogP contribution is 2.29. The maximum absolute atomic E-state index is 4.64. The third kappa shape index (κ3) is 2.62. The average molecular weight is 302 g/mol. The summed E-state index contributed by atoms with van der Waals surface area (Å²) >= 11 is 0. The molecule has 0 unspecified atom stereocenters. The fourth-order valence-electron chi connectivity index (χ4n) is 2.45. The summed E-state index contributed by atoms with van der Waals surface area (Å²) in [7, 11) is 1.89. The Bertz CT molecular complexity index is 961. The van der Waals surface area contributed by atoms with Crippen molar-refractivity contribution in [2.24, 2.45) is 7.05 Å². The van der Waals surface area contributed by atoms with E-state index in [1.807, 2.05) is 43.6 Å². The zero-order chi connectivity index (χ0) is 15.6. The van der Waals surface area contributed by atoms with Gasteiger partial charge in [-0.15, -0.1) is 0 Å². The van der Waals surface area contributed by atoms with E-state index in [4.69, 9.17) is 0 Å². The molecule has 0 spiro atoms. The van der Waals surface area contributed by atoms with Gasteiger partial charge in [0.05, 0.1) is 17.6 Å². The standard InChI is InChI=1S/C17H14N6/c1-23-11-12(10-20-23)15-9-16(21-13-4-7-18-8-5-13)14-3-2-6-19-17(14)22-15/h2-11H,1H3,(H,18,19,21,22). The predicted octanol–water partition coefficient (Wildman–Crippen LogP) is 3.17. The van der Waals surface area contributed by atoms with Gasteiger partial charge in [0.2, 0.25) is 0 Å². The normalized spacial score (nSPS) is 10.8. The predicted molar refractivity (Wildman–Crippen MR) is 89.3 cm³/mol. The molecule has 0 aromatic carbocycles. The van der Waals surface area contributed by atoms with Crippen LogP contribution in [-0.4, -0.2) is 24.7 Å². The molecular weight excluding hydrogens is 288 g/mol. The molecule has 4 heterocycles. The third-order valence-electron chi connectivity index (χ3n) is 3.54. The lowest BCUT2D eigenvalue weighted by Crippen LogP contribution is -1.96. The van der Waals surface area contributed by atoms with Crippen molar-refractivity contribution in [3.05, 3.63) is 61.3 Å². The summed E-state index contributed by atoms with van der Waals surface area (Å²) < 4.78 is 1.76. The molecule has 4 aromatic rings. The zero-order valence-electron chi connectivity index (χ0n) is 12.5. The number of nitrogens with one attached hydrogen (secondary N) is 1. The summed E-state index contributed by atoms with van der Waals surface area (Å²) in [6.45, 7) is 0. The van der Waals surface area contributed by atoms with E-state index in [9.17, 15) is 0 Å². The summed E-state index contributed by atoms with van der Waals surface area (Å²) in [6.07, 6.45) is 9.00. The molecule has 0 aliphatic rings. The summed E-state index contributed by atoms with van der Waals surface area (Å²) in [5.74, 6) is 0. The zero-order valence-corrected chi connectivity index (χ0v) is 12.5. The van der Waals surface area contributed by atoms with Crippen LogP contribution in [-0.2, 0) is 7.05 Å². The van der Waals surface area contributed by atoms with Crippen molar-refractivity contribution >= 4 is 22.4 Å². The fraction of sp³-hybridized carbons (Fsp3) is 0.0588. The fourth-order valence-corrected chi connectivity index (χ4v) is 2.45. The van der Waals surface area contributed by atoms with Crippen LogP contribution < -0.4 is 5.32 Å². The van der Waals surface area contributed by atoms with Gasteiger partial charge in [0, 0.05) is 48.5 Å². The molecule has 1 N–H and O–H groups in total. The Morgan fingerprint density at radius 3 is 2.74 bits per heavy atom. The van der Waals surface area contributed by atoms with Crippen LogP contribution in [0.3, 0.4) is 0 Å². The van der Waals surface area contributed by atoms with Gasteiger partial charge in [-0.05, 0) is 30.3 Å². The smallest absolute Gasteiger partial charge is 0.161 e. The molecule has 0 atom stereocenters. The van der Waals surface area contributed by atoms with Gasteiger partial charge in [0.25, 0.3) is 0 Å². The Balaban J connectivity index is 1.87. The third-order valence-corrected chi connectivity index (χ3v) is 3.54. The van der Waals surface area contributed by atoms with Crippen molar-refractivity contribution in [3.8, 4) is 11.3 Å². The van der Waals surface area contributed by atoms with Crippen LogP contribution >= 0.6 is 0 Å². The Labute approximate surface area is 132 Å². The van der Waals surface area contributed by atoms with E-state index in [0.29, 0.717) is 5.65 Å². The minimum Gasteiger partial charge on any atom is -0.355 e. The largest absolute Gasteiger partial charge is 0.355 e. The number of pyridine rings is 3. The molecule has 0 aliphatic heterocycles. The van der Waals surface area contributed by atoms with Crippen LogP contribution in [0.2, 0.25) is 0 Å². The van der Waals surface area contributed by atoms with Crippen molar-refractivity contribution < 1.29 is 0 Å². The Kier molecular flexibility index (Phi) is 3.20. The highest BCUT2D eigenvalue weighted by atomic mass is 15.2. The monoisotopic (exact) mass is 302 g/mol. The van der Waals surface area contributed by atoms with Crippen molar-refractivity contribution in [2.45, 2.75) is 0 Å². The summed E-state index contributed by atoms with van der Waals surface area (Å²) in [6, 6.07) is 9.78. The van der Waals surface area contributed by atoms with E-state index in [2.05, 4.69) is 25.4 Å². The minimum absolute atomic E-state index is 0.699. The second-order valence-electron chi connectivity index (χ2n) is 5.19. The van der Waals surface area contributed by atoms with E-state index >= 15 is 0 Å². The quantitative estimate of drug-likeness (QED) is 0.629. The molecule has 0 bridgehead atoms. The molecule has 4 rings (SSSR count). The highest BCUT2D eigenvalue weighted by Gasteiger charge is 2.10. The van der Waals surface area contributed by atoms with Gasteiger partial charge in [-0.3, -0.25) is 9.67 Å². The molecule has 0 saturated heterocycles. The average Bonchev–Trinajstić information content (AvgIpc) is 3.02. The Morgan fingerprint density at radius 1 is 1.09 bits per heavy atom. The van der Waals surface area contributed by atoms with Crippen LogP contribution in [0, 0.1) is 0 Å². The maximum atomic E-state index is 4.64. The number of aryl methyl sites for hydroxylation is 1. The first-order valence-electron chi connectivity index (χ1n) is 7.21. The highest BCUT2D eigenvalue weighted by molar-refractivity contribution is 5.93. The van der Waals surface area contributed by atoms with Crippen LogP contribution in [0.25, 0.3) is 22.3 Å². The van der Waals surface area contributed by atoms with Gasteiger partial charge in [0.15, 0.2) is 5.65 Å². The van der Waals surface area contributed by atoms with E-state index in [-0.39, 0.29) is 0 Å². The number of nitrogens with zero attached hydrogens (tertiary/aromatic N) is 5.